The second-order valence-corrected chi connectivity index (χ2v) is 3.54. The van der Waals surface area contributed by atoms with E-state index in [1.165, 1.54) is 0 Å². The number of benzene rings is 1. The third kappa shape index (κ3) is 1.53. The second-order valence-electron chi connectivity index (χ2n) is 3.10. The molecule has 0 spiro atoms. The number of nitrogens with two attached hydrogens (primary N) is 1. The van der Waals surface area contributed by atoms with Crippen molar-refractivity contribution >= 4 is 23.2 Å². The van der Waals surface area contributed by atoms with Gasteiger partial charge in [-0.3, -0.25) is 4.79 Å². The van der Waals surface area contributed by atoms with Crippen molar-refractivity contribution < 1.29 is 4.79 Å². The summed E-state index contributed by atoms with van der Waals surface area (Å²) < 4.78 is 0. The molecule has 1 aliphatic heterocycles. The molecule has 0 saturated heterocycles. The van der Waals surface area contributed by atoms with Crippen LogP contribution >= 0.6 is 11.6 Å². The minimum absolute atomic E-state index is 0.130. The summed E-state index contributed by atoms with van der Waals surface area (Å²) in [6, 6.07) is 4.92. The highest BCUT2D eigenvalue weighted by Gasteiger charge is 2.22. The first-order valence-corrected chi connectivity index (χ1v) is 4.39. The Morgan fingerprint density at radius 3 is 3.08 bits per heavy atom. The Hall–Kier alpha value is -1.06. The molecule has 0 aliphatic carbocycles. The molecule has 1 aromatic rings. The number of hydrogen-bond acceptors (Lipinski definition) is 2. The fourth-order valence-corrected chi connectivity index (χ4v) is 1.60. The van der Waals surface area contributed by atoms with Gasteiger partial charge < -0.3 is 11.1 Å². The van der Waals surface area contributed by atoms with Gasteiger partial charge in [-0.15, -0.1) is 0 Å². The van der Waals surface area contributed by atoms with Crippen molar-refractivity contribution in [2.45, 2.75) is 12.5 Å². The van der Waals surface area contributed by atoms with Crippen LogP contribution in [0.2, 0.25) is 5.02 Å². The van der Waals surface area contributed by atoms with Crippen molar-refractivity contribution in [2.75, 3.05) is 5.32 Å². The maximum absolute atomic E-state index is 11.2. The average Bonchev–Trinajstić information content (AvgIpc) is 2.08. The van der Waals surface area contributed by atoms with Gasteiger partial charge in [0.15, 0.2) is 0 Å². The highest BCUT2D eigenvalue weighted by Crippen LogP contribution is 2.24. The number of carbonyl (C=O) groups excluding carboxylic acids is 1. The van der Waals surface area contributed by atoms with Crippen molar-refractivity contribution in [3.63, 3.8) is 0 Å². The fourth-order valence-electron chi connectivity index (χ4n) is 1.41. The molecule has 3 N–H and O–H groups in total. The van der Waals surface area contributed by atoms with Gasteiger partial charge in [0.25, 0.3) is 0 Å². The molecule has 0 bridgehead atoms. The van der Waals surface area contributed by atoms with Crippen LogP contribution in [0.1, 0.15) is 5.56 Å². The summed E-state index contributed by atoms with van der Waals surface area (Å²) in [5.74, 6) is -0.130. The van der Waals surface area contributed by atoms with E-state index in [-0.39, 0.29) is 5.91 Å². The first kappa shape index (κ1) is 8.53. The predicted octanol–water partition coefficient (Wildman–Crippen LogP) is 1.16. The van der Waals surface area contributed by atoms with E-state index in [4.69, 9.17) is 17.3 Å². The van der Waals surface area contributed by atoms with Crippen LogP contribution in [-0.4, -0.2) is 11.9 Å². The number of hydrogen-bond donors (Lipinski definition) is 2. The Bertz CT molecular complexity index is 365. The number of carbonyl (C=O) groups is 1. The van der Waals surface area contributed by atoms with Crippen LogP contribution in [0, 0.1) is 0 Å². The highest BCUT2D eigenvalue weighted by molar-refractivity contribution is 6.30. The lowest BCUT2D eigenvalue weighted by Crippen LogP contribution is -2.40. The molecule has 2 rings (SSSR count). The Morgan fingerprint density at radius 1 is 1.54 bits per heavy atom. The normalized spacial score (nSPS) is 20.8. The van der Waals surface area contributed by atoms with E-state index >= 15 is 0 Å². The van der Waals surface area contributed by atoms with Crippen molar-refractivity contribution in [3.8, 4) is 0 Å². The lowest BCUT2D eigenvalue weighted by atomic mass is 10.00. The van der Waals surface area contributed by atoms with Gasteiger partial charge in [0, 0.05) is 10.7 Å². The van der Waals surface area contributed by atoms with E-state index in [2.05, 4.69) is 5.32 Å². The fraction of sp³-hybridized carbons (Fsp3) is 0.222. The molecule has 4 heteroatoms. The molecule has 3 nitrogen and oxygen atoms in total. The molecule has 68 valence electrons. The van der Waals surface area contributed by atoms with Crippen LogP contribution < -0.4 is 11.1 Å². The number of halogens is 1. The maximum Gasteiger partial charge on any atom is 0.241 e. The summed E-state index contributed by atoms with van der Waals surface area (Å²) in [6.07, 6.45) is 0.557. The Labute approximate surface area is 80.9 Å². The average molecular weight is 197 g/mol. The minimum Gasteiger partial charge on any atom is -0.324 e. The van der Waals surface area contributed by atoms with Crippen molar-refractivity contribution in [1.29, 1.82) is 0 Å². The Kier molecular flexibility index (Phi) is 1.98. The van der Waals surface area contributed by atoms with Crippen LogP contribution in [-0.2, 0) is 11.2 Å². The molecule has 1 aromatic carbocycles. The van der Waals surface area contributed by atoms with Crippen LogP contribution in [0.25, 0.3) is 0 Å². The van der Waals surface area contributed by atoms with E-state index in [1.807, 2.05) is 6.07 Å². The molecule has 0 unspecified atom stereocenters. The molecule has 0 fully saturated rings. The molecule has 13 heavy (non-hydrogen) atoms. The summed E-state index contributed by atoms with van der Waals surface area (Å²) in [6.45, 7) is 0. The zero-order valence-corrected chi connectivity index (χ0v) is 7.64. The molecular weight excluding hydrogens is 188 g/mol. The van der Waals surface area contributed by atoms with Gasteiger partial charge in [0.05, 0.1) is 6.04 Å². The molecule has 1 aliphatic rings. The first-order valence-electron chi connectivity index (χ1n) is 4.01. The zero-order chi connectivity index (χ0) is 9.42. The summed E-state index contributed by atoms with van der Waals surface area (Å²) in [7, 11) is 0. The summed E-state index contributed by atoms with van der Waals surface area (Å²) in [4.78, 5) is 11.2. The van der Waals surface area contributed by atoms with E-state index in [0.717, 1.165) is 11.3 Å². The van der Waals surface area contributed by atoms with Gasteiger partial charge in [-0.1, -0.05) is 11.6 Å². The van der Waals surface area contributed by atoms with E-state index in [1.54, 1.807) is 12.1 Å². The summed E-state index contributed by atoms with van der Waals surface area (Å²) in [5, 5.41) is 3.38. The number of anilines is 1. The first-order chi connectivity index (χ1) is 6.16. The minimum atomic E-state index is -0.453. The zero-order valence-electron chi connectivity index (χ0n) is 6.88. The van der Waals surface area contributed by atoms with Crippen molar-refractivity contribution in [1.82, 2.24) is 0 Å². The van der Waals surface area contributed by atoms with Crippen LogP contribution in [0.3, 0.4) is 0 Å². The topological polar surface area (TPSA) is 55.1 Å². The number of amides is 1. The largest absolute Gasteiger partial charge is 0.324 e. The van der Waals surface area contributed by atoms with Gasteiger partial charge >= 0.3 is 0 Å². The molecule has 1 heterocycles. The third-order valence-corrected chi connectivity index (χ3v) is 2.34. The SMILES string of the molecule is N[C@@H]1Cc2cc(Cl)ccc2NC1=O. The van der Waals surface area contributed by atoms with Crippen molar-refractivity contribution in [3.05, 3.63) is 28.8 Å². The highest BCUT2D eigenvalue weighted by atomic mass is 35.5. The van der Waals surface area contributed by atoms with E-state index in [0.29, 0.717) is 11.4 Å². The Balaban J connectivity index is 2.42. The predicted molar refractivity (Wildman–Crippen MR) is 51.8 cm³/mol. The van der Waals surface area contributed by atoms with Crippen LogP contribution in [0.5, 0.6) is 0 Å². The lowest BCUT2D eigenvalue weighted by Gasteiger charge is -2.21. The third-order valence-electron chi connectivity index (χ3n) is 2.10. The van der Waals surface area contributed by atoms with Crippen molar-refractivity contribution in [2.24, 2.45) is 5.73 Å². The van der Waals surface area contributed by atoms with Gasteiger partial charge in [-0.2, -0.15) is 0 Å². The number of fused-ring (bicyclic) bond motifs is 1. The second kappa shape index (κ2) is 3.01. The molecule has 1 atom stereocenters. The van der Waals surface area contributed by atoms with E-state index < -0.39 is 6.04 Å². The lowest BCUT2D eigenvalue weighted by molar-refractivity contribution is -0.117. The quantitative estimate of drug-likeness (QED) is 0.655. The number of nitrogens with one attached hydrogen (secondary N) is 1. The van der Waals surface area contributed by atoms with Crippen LogP contribution in [0.4, 0.5) is 5.69 Å². The maximum atomic E-state index is 11.2. The molecule has 0 saturated carbocycles. The summed E-state index contributed by atoms with van der Waals surface area (Å²) in [5.41, 5.74) is 7.40. The molecular formula is C9H9ClN2O. The summed E-state index contributed by atoms with van der Waals surface area (Å²) >= 11 is 5.81. The van der Waals surface area contributed by atoms with Gasteiger partial charge in [-0.25, -0.2) is 0 Å². The Morgan fingerprint density at radius 2 is 2.31 bits per heavy atom. The smallest absolute Gasteiger partial charge is 0.241 e. The monoisotopic (exact) mass is 196 g/mol. The molecule has 0 radical (unpaired) electrons. The van der Waals surface area contributed by atoms with E-state index in [9.17, 15) is 4.79 Å². The molecule has 0 aromatic heterocycles. The van der Waals surface area contributed by atoms with Gasteiger partial charge in [0.2, 0.25) is 5.91 Å². The van der Waals surface area contributed by atoms with Crippen LogP contribution in [0.15, 0.2) is 18.2 Å². The standard InChI is InChI=1S/C9H9ClN2O/c10-6-1-2-8-5(3-6)4-7(11)9(13)12-8/h1-3,7H,4,11H2,(H,12,13)/t7-/m1/s1. The van der Waals surface area contributed by atoms with Gasteiger partial charge in [-0.05, 0) is 30.2 Å². The van der Waals surface area contributed by atoms with Gasteiger partial charge in [0.1, 0.15) is 0 Å². The number of rotatable bonds is 0. The molecule has 1 amide bonds.